The van der Waals surface area contributed by atoms with Gasteiger partial charge in [0.1, 0.15) is 31.6 Å². The van der Waals surface area contributed by atoms with Gasteiger partial charge in [-0.25, -0.2) is 12.8 Å². The number of hydrogen-bond donors (Lipinski definition) is 1. The third kappa shape index (κ3) is 6.66. The summed E-state index contributed by atoms with van der Waals surface area (Å²) < 4.78 is 51.6. The number of halogens is 1. The molecule has 0 saturated carbocycles. The first-order valence-electron chi connectivity index (χ1n) is 11.8. The molecule has 1 N–H and O–H groups in total. The smallest absolute Gasteiger partial charge is 0.244 e. The van der Waals surface area contributed by atoms with Gasteiger partial charge in [-0.2, -0.15) is 0 Å². The molecule has 2 aromatic carbocycles. The van der Waals surface area contributed by atoms with Gasteiger partial charge in [-0.1, -0.05) is 12.1 Å². The van der Waals surface area contributed by atoms with Gasteiger partial charge in [0.25, 0.3) is 0 Å². The van der Waals surface area contributed by atoms with Crippen LogP contribution in [-0.4, -0.2) is 62.7 Å². The van der Waals surface area contributed by atoms with E-state index in [2.05, 4.69) is 5.32 Å². The Morgan fingerprint density at radius 2 is 1.67 bits per heavy atom. The summed E-state index contributed by atoms with van der Waals surface area (Å²) in [5, 5.41) is 2.78. The van der Waals surface area contributed by atoms with Crippen molar-refractivity contribution in [3.63, 3.8) is 0 Å². The van der Waals surface area contributed by atoms with Crippen LogP contribution >= 0.6 is 0 Å². The zero-order valence-electron chi connectivity index (χ0n) is 20.9. The van der Waals surface area contributed by atoms with Crippen molar-refractivity contribution < 1.29 is 31.9 Å². The van der Waals surface area contributed by atoms with E-state index in [4.69, 9.17) is 9.47 Å². The van der Waals surface area contributed by atoms with Crippen LogP contribution in [0.25, 0.3) is 0 Å². The number of nitrogens with one attached hydrogen (secondary N) is 1. The molecule has 0 aromatic heterocycles. The third-order valence-electron chi connectivity index (χ3n) is 5.66. The standard InChI is InChI=1S/C25H32FN3O6S/c1-5-36(32,33)29(21-10-11-22-23(14-21)35-13-12-34-22)16-24(30)28(18(4)25(31)27-17(2)3)15-19-6-8-20(26)9-7-19/h6-11,14,17-18H,5,12-13,15-16H2,1-4H3,(H,27,31). The van der Waals surface area contributed by atoms with Gasteiger partial charge in [-0.3, -0.25) is 13.9 Å². The molecule has 0 fully saturated rings. The van der Waals surface area contributed by atoms with Crippen molar-refractivity contribution in [2.24, 2.45) is 0 Å². The summed E-state index contributed by atoms with van der Waals surface area (Å²) in [5.41, 5.74) is 0.841. The van der Waals surface area contributed by atoms with E-state index in [0.717, 1.165) is 4.31 Å². The zero-order chi connectivity index (χ0) is 26.5. The molecule has 0 radical (unpaired) electrons. The van der Waals surface area contributed by atoms with Crippen molar-refractivity contribution in [1.82, 2.24) is 10.2 Å². The Morgan fingerprint density at radius 1 is 1.03 bits per heavy atom. The van der Waals surface area contributed by atoms with Gasteiger partial charge in [0.2, 0.25) is 21.8 Å². The van der Waals surface area contributed by atoms with E-state index >= 15 is 0 Å². The molecule has 0 saturated heterocycles. The van der Waals surface area contributed by atoms with Crippen LogP contribution in [0.3, 0.4) is 0 Å². The summed E-state index contributed by atoms with van der Waals surface area (Å²) in [6, 6.07) is 9.17. The second-order valence-electron chi connectivity index (χ2n) is 8.72. The predicted octanol–water partition coefficient (Wildman–Crippen LogP) is 2.69. The first-order chi connectivity index (χ1) is 17.0. The van der Waals surface area contributed by atoms with E-state index < -0.39 is 34.3 Å². The highest BCUT2D eigenvalue weighted by Gasteiger charge is 2.31. The Labute approximate surface area is 211 Å². The lowest BCUT2D eigenvalue weighted by Crippen LogP contribution is -2.52. The van der Waals surface area contributed by atoms with Crippen molar-refractivity contribution in [1.29, 1.82) is 0 Å². The number of anilines is 1. The maximum atomic E-state index is 13.6. The fraction of sp³-hybridized carbons (Fsp3) is 0.440. The molecule has 9 nitrogen and oxygen atoms in total. The maximum Gasteiger partial charge on any atom is 0.244 e. The molecule has 1 atom stereocenters. The van der Waals surface area contributed by atoms with Gasteiger partial charge >= 0.3 is 0 Å². The van der Waals surface area contributed by atoms with E-state index in [9.17, 15) is 22.4 Å². The van der Waals surface area contributed by atoms with Gasteiger partial charge in [0.15, 0.2) is 11.5 Å². The van der Waals surface area contributed by atoms with Gasteiger partial charge in [-0.15, -0.1) is 0 Å². The molecule has 1 unspecified atom stereocenters. The highest BCUT2D eigenvalue weighted by Crippen LogP contribution is 2.35. The summed E-state index contributed by atoms with van der Waals surface area (Å²) in [4.78, 5) is 27.7. The molecule has 0 bridgehead atoms. The maximum absolute atomic E-state index is 13.6. The van der Waals surface area contributed by atoms with Crippen LogP contribution in [0.5, 0.6) is 11.5 Å². The van der Waals surface area contributed by atoms with Crippen LogP contribution in [0.1, 0.15) is 33.3 Å². The molecule has 1 aliphatic rings. The van der Waals surface area contributed by atoms with Crippen LogP contribution < -0.4 is 19.1 Å². The normalized spacial score (nSPS) is 13.7. The lowest BCUT2D eigenvalue weighted by atomic mass is 10.1. The highest BCUT2D eigenvalue weighted by molar-refractivity contribution is 7.92. The SMILES string of the molecule is CCS(=O)(=O)N(CC(=O)N(Cc1ccc(F)cc1)C(C)C(=O)NC(C)C)c1ccc2c(c1)OCCO2. The number of fused-ring (bicyclic) bond motifs is 1. The first kappa shape index (κ1) is 27.3. The molecule has 2 amide bonds. The number of hydrogen-bond acceptors (Lipinski definition) is 6. The Bertz CT molecular complexity index is 1190. The van der Waals surface area contributed by atoms with Crippen molar-refractivity contribution >= 4 is 27.5 Å². The quantitative estimate of drug-likeness (QED) is 0.516. The molecule has 1 aliphatic heterocycles. The fourth-order valence-electron chi connectivity index (χ4n) is 3.68. The van der Waals surface area contributed by atoms with Crippen LogP contribution in [0.2, 0.25) is 0 Å². The van der Waals surface area contributed by atoms with E-state index in [0.29, 0.717) is 30.3 Å². The van der Waals surface area contributed by atoms with Crippen LogP contribution in [0, 0.1) is 5.82 Å². The number of benzene rings is 2. The fourth-order valence-corrected chi connectivity index (χ4v) is 4.73. The van der Waals surface area contributed by atoms with E-state index in [1.54, 1.807) is 32.9 Å². The average molecular weight is 522 g/mol. The molecule has 196 valence electrons. The minimum atomic E-state index is -3.87. The molecule has 3 rings (SSSR count). The van der Waals surface area contributed by atoms with Gasteiger partial charge < -0.3 is 19.7 Å². The van der Waals surface area contributed by atoms with E-state index in [-0.39, 0.29) is 29.9 Å². The van der Waals surface area contributed by atoms with Crippen molar-refractivity contribution in [2.45, 2.75) is 46.3 Å². The van der Waals surface area contributed by atoms with Gasteiger partial charge in [0.05, 0.1) is 11.4 Å². The van der Waals surface area contributed by atoms with Gasteiger partial charge in [0, 0.05) is 18.7 Å². The summed E-state index contributed by atoms with van der Waals surface area (Å²) in [6.07, 6.45) is 0. The summed E-state index contributed by atoms with van der Waals surface area (Å²) in [7, 11) is -3.87. The number of carbonyl (C=O) groups excluding carboxylic acids is 2. The summed E-state index contributed by atoms with van der Waals surface area (Å²) in [6.45, 7) is 6.83. The Morgan fingerprint density at radius 3 is 2.28 bits per heavy atom. The van der Waals surface area contributed by atoms with Crippen molar-refractivity contribution in [3.05, 3.63) is 53.8 Å². The largest absolute Gasteiger partial charge is 0.486 e. The monoisotopic (exact) mass is 521 g/mol. The lowest BCUT2D eigenvalue weighted by molar-refractivity contribution is -0.139. The number of nitrogens with zero attached hydrogens (tertiary/aromatic N) is 2. The molecule has 1 heterocycles. The van der Waals surface area contributed by atoms with Gasteiger partial charge in [-0.05, 0) is 57.5 Å². The lowest BCUT2D eigenvalue weighted by Gasteiger charge is -2.32. The molecule has 2 aromatic rings. The first-order valence-corrected chi connectivity index (χ1v) is 13.4. The number of ether oxygens (including phenoxy) is 2. The highest BCUT2D eigenvalue weighted by atomic mass is 32.2. The number of sulfonamides is 1. The molecule has 11 heteroatoms. The Hall–Kier alpha value is -3.34. The van der Waals surface area contributed by atoms with Crippen molar-refractivity contribution in [3.8, 4) is 11.5 Å². The second-order valence-corrected chi connectivity index (χ2v) is 10.9. The average Bonchev–Trinajstić information content (AvgIpc) is 2.85. The topological polar surface area (TPSA) is 105 Å². The molecular weight excluding hydrogens is 489 g/mol. The van der Waals surface area contributed by atoms with Crippen LogP contribution in [0.4, 0.5) is 10.1 Å². The summed E-state index contributed by atoms with van der Waals surface area (Å²) in [5.74, 6) is -0.767. The van der Waals surface area contributed by atoms with Crippen LogP contribution in [-0.2, 0) is 26.2 Å². The van der Waals surface area contributed by atoms with E-state index in [1.807, 2.05) is 0 Å². The Balaban J connectivity index is 1.94. The second kappa shape index (κ2) is 11.6. The molecule has 0 aliphatic carbocycles. The summed E-state index contributed by atoms with van der Waals surface area (Å²) >= 11 is 0. The van der Waals surface area contributed by atoms with E-state index in [1.165, 1.54) is 42.2 Å². The molecule has 0 spiro atoms. The minimum absolute atomic E-state index is 0.00700. The molecular formula is C25H32FN3O6S. The predicted molar refractivity (Wildman–Crippen MR) is 134 cm³/mol. The number of rotatable bonds is 10. The number of amides is 2. The van der Waals surface area contributed by atoms with Crippen molar-refractivity contribution in [2.75, 3.05) is 29.8 Å². The zero-order valence-corrected chi connectivity index (χ0v) is 21.7. The molecule has 36 heavy (non-hydrogen) atoms. The third-order valence-corrected chi connectivity index (χ3v) is 7.40. The van der Waals surface area contributed by atoms with Crippen LogP contribution in [0.15, 0.2) is 42.5 Å². The minimum Gasteiger partial charge on any atom is -0.486 e. The number of carbonyl (C=O) groups is 2. The Kier molecular flexibility index (Phi) is 8.78.